The van der Waals surface area contributed by atoms with Crippen molar-refractivity contribution in [2.75, 3.05) is 13.2 Å². The Bertz CT molecular complexity index is 177. The third-order valence-electron chi connectivity index (χ3n) is 1.70. The van der Waals surface area contributed by atoms with Crippen LogP contribution in [0.4, 0.5) is 0 Å². The predicted molar refractivity (Wildman–Crippen MR) is 40.6 cm³/mol. The van der Waals surface area contributed by atoms with Gasteiger partial charge in [-0.25, -0.2) is 0 Å². The molecular formula is C8H12O4. The van der Waals surface area contributed by atoms with E-state index in [-0.39, 0.29) is 31.1 Å². The van der Waals surface area contributed by atoms with Crippen LogP contribution in [-0.4, -0.2) is 31.1 Å². The van der Waals surface area contributed by atoms with Crippen molar-refractivity contribution in [2.45, 2.75) is 25.9 Å². The molecule has 1 atom stereocenters. The molecule has 0 aliphatic carbocycles. The lowest BCUT2D eigenvalue weighted by molar-refractivity contribution is -0.148. The van der Waals surface area contributed by atoms with Crippen LogP contribution in [0.1, 0.15) is 19.8 Å². The quantitative estimate of drug-likeness (QED) is 0.562. The van der Waals surface area contributed by atoms with Gasteiger partial charge < -0.3 is 9.47 Å². The van der Waals surface area contributed by atoms with E-state index in [2.05, 4.69) is 0 Å². The average Bonchev–Trinajstić information content (AvgIpc) is 2.03. The number of rotatable bonds is 2. The molecule has 0 radical (unpaired) electrons. The van der Waals surface area contributed by atoms with Gasteiger partial charge in [-0.15, -0.1) is 0 Å². The Morgan fingerprint density at radius 3 is 3.00 bits per heavy atom. The van der Waals surface area contributed by atoms with Gasteiger partial charge in [-0.1, -0.05) is 0 Å². The van der Waals surface area contributed by atoms with Crippen molar-refractivity contribution in [1.82, 2.24) is 0 Å². The van der Waals surface area contributed by atoms with Crippen molar-refractivity contribution in [2.24, 2.45) is 0 Å². The molecule has 1 aliphatic heterocycles. The smallest absolute Gasteiger partial charge is 0.302 e. The topological polar surface area (TPSA) is 52.6 Å². The van der Waals surface area contributed by atoms with Gasteiger partial charge in [0.1, 0.15) is 13.2 Å². The number of ether oxygens (including phenoxy) is 2. The number of hydrogen-bond donors (Lipinski definition) is 0. The number of Topliss-reactive ketones (excluding diaryl/α,β-unsaturated/α-hetero) is 1. The van der Waals surface area contributed by atoms with Crippen LogP contribution in [0.5, 0.6) is 0 Å². The molecule has 0 amide bonds. The van der Waals surface area contributed by atoms with E-state index in [0.29, 0.717) is 12.8 Å². The molecule has 4 heteroatoms. The van der Waals surface area contributed by atoms with E-state index in [4.69, 9.17) is 9.47 Å². The van der Waals surface area contributed by atoms with Crippen molar-refractivity contribution in [3.8, 4) is 0 Å². The Morgan fingerprint density at radius 2 is 2.50 bits per heavy atom. The van der Waals surface area contributed by atoms with E-state index in [1.165, 1.54) is 6.92 Å². The van der Waals surface area contributed by atoms with E-state index in [0.717, 1.165) is 0 Å². The Kier molecular flexibility index (Phi) is 3.22. The second kappa shape index (κ2) is 4.21. The highest BCUT2D eigenvalue weighted by Crippen LogP contribution is 2.10. The van der Waals surface area contributed by atoms with Gasteiger partial charge in [-0.05, 0) is 6.42 Å². The largest absolute Gasteiger partial charge is 0.463 e. The van der Waals surface area contributed by atoms with Crippen LogP contribution in [0.25, 0.3) is 0 Å². The number of esters is 1. The van der Waals surface area contributed by atoms with E-state index < -0.39 is 0 Å². The molecule has 1 aliphatic rings. The molecule has 0 aromatic rings. The molecule has 0 spiro atoms. The highest BCUT2D eigenvalue weighted by atomic mass is 16.6. The van der Waals surface area contributed by atoms with Crippen molar-refractivity contribution < 1.29 is 19.1 Å². The molecular weight excluding hydrogens is 160 g/mol. The first kappa shape index (κ1) is 9.19. The van der Waals surface area contributed by atoms with Crippen molar-refractivity contribution in [3.05, 3.63) is 0 Å². The highest BCUT2D eigenvalue weighted by molar-refractivity contribution is 5.80. The average molecular weight is 172 g/mol. The monoisotopic (exact) mass is 172 g/mol. The van der Waals surface area contributed by atoms with Crippen LogP contribution in [0, 0.1) is 0 Å². The van der Waals surface area contributed by atoms with E-state index in [1.54, 1.807) is 0 Å². The van der Waals surface area contributed by atoms with E-state index >= 15 is 0 Å². The summed E-state index contributed by atoms with van der Waals surface area (Å²) < 4.78 is 9.86. The molecule has 0 aromatic heterocycles. The highest BCUT2D eigenvalue weighted by Gasteiger charge is 2.19. The van der Waals surface area contributed by atoms with Gasteiger partial charge in [0.15, 0.2) is 5.78 Å². The fourth-order valence-electron chi connectivity index (χ4n) is 1.03. The molecule has 0 bridgehead atoms. The first-order valence-electron chi connectivity index (χ1n) is 3.95. The number of carbonyl (C=O) groups excluding carboxylic acids is 2. The summed E-state index contributed by atoms with van der Waals surface area (Å²) in [6.07, 6.45) is 1.10. The summed E-state index contributed by atoms with van der Waals surface area (Å²) in [5, 5.41) is 0. The minimum Gasteiger partial charge on any atom is -0.463 e. The fraction of sp³-hybridized carbons (Fsp3) is 0.750. The predicted octanol–water partition coefficient (Wildman–Crippen LogP) is 0.298. The lowest BCUT2D eigenvalue weighted by atomic mass is 10.1. The molecule has 1 rings (SSSR count). The molecule has 1 fully saturated rings. The number of hydrogen-bond acceptors (Lipinski definition) is 4. The first-order chi connectivity index (χ1) is 5.68. The first-order valence-corrected chi connectivity index (χ1v) is 3.95. The van der Waals surface area contributed by atoms with Gasteiger partial charge >= 0.3 is 5.97 Å². The molecule has 1 heterocycles. The van der Waals surface area contributed by atoms with Crippen LogP contribution in [0.2, 0.25) is 0 Å². The van der Waals surface area contributed by atoms with Gasteiger partial charge in [0.05, 0.1) is 6.10 Å². The van der Waals surface area contributed by atoms with Crippen molar-refractivity contribution in [3.63, 3.8) is 0 Å². The summed E-state index contributed by atoms with van der Waals surface area (Å²) in [4.78, 5) is 21.1. The molecule has 0 saturated carbocycles. The molecule has 0 unspecified atom stereocenters. The Balaban J connectivity index is 2.17. The van der Waals surface area contributed by atoms with E-state index in [1.807, 2.05) is 0 Å². The normalized spacial score (nSPS) is 23.8. The summed E-state index contributed by atoms with van der Waals surface area (Å²) in [7, 11) is 0. The lowest BCUT2D eigenvalue weighted by Crippen LogP contribution is -2.30. The van der Waals surface area contributed by atoms with Gasteiger partial charge in [-0.2, -0.15) is 0 Å². The molecule has 0 aromatic carbocycles. The molecule has 68 valence electrons. The summed E-state index contributed by atoms with van der Waals surface area (Å²) in [5.41, 5.74) is 0. The van der Waals surface area contributed by atoms with Crippen LogP contribution in [-0.2, 0) is 19.1 Å². The standard InChI is InChI=1S/C8H12O4/c1-6(9)11-5-8-3-2-7(10)4-12-8/h8H,2-5H2,1H3/t8-/m0/s1. The van der Waals surface area contributed by atoms with Gasteiger partial charge in [-0.3, -0.25) is 9.59 Å². The summed E-state index contributed by atoms with van der Waals surface area (Å²) in [6.45, 7) is 1.78. The van der Waals surface area contributed by atoms with Gasteiger partial charge in [0.2, 0.25) is 0 Å². The maximum Gasteiger partial charge on any atom is 0.302 e. The molecule has 12 heavy (non-hydrogen) atoms. The number of carbonyl (C=O) groups is 2. The molecule has 1 saturated heterocycles. The van der Waals surface area contributed by atoms with Gasteiger partial charge in [0, 0.05) is 13.3 Å². The summed E-state index contributed by atoms with van der Waals surface area (Å²) in [6, 6.07) is 0. The SMILES string of the molecule is CC(=O)OC[C@@H]1CCC(=O)CO1. The zero-order chi connectivity index (χ0) is 8.97. The zero-order valence-corrected chi connectivity index (χ0v) is 7.04. The maximum absolute atomic E-state index is 10.7. The van der Waals surface area contributed by atoms with Crippen LogP contribution >= 0.6 is 0 Å². The third kappa shape index (κ3) is 3.00. The fourth-order valence-corrected chi connectivity index (χ4v) is 1.03. The maximum atomic E-state index is 10.7. The van der Waals surface area contributed by atoms with Crippen molar-refractivity contribution >= 4 is 11.8 Å². The Morgan fingerprint density at radius 1 is 1.75 bits per heavy atom. The minimum absolute atomic E-state index is 0.0911. The second-order valence-corrected chi connectivity index (χ2v) is 2.81. The van der Waals surface area contributed by atoms with E-state index in [9.17, 15) is 9.59 Å². The molecule has 0 N–H and O–H groups in total. The third-order valence-corrected chi connectivity index (χ3v) is 1.70. The van der Waals surface area contributed by atoms with Crippen LogP contribution < -0.4 is 0 Å². The summed E-state index contributed by atoms with van der Waals surface area (Å²) >= 11 is 0. The lowest BCUT2D eigenvalue weighted by Gasteiger charge is -2.20. The summed E-state index contributed by atoms with van der Waals surface area (Å²) in [5.74, 6) is -0.190. The Labute approximate surface area is 70.8 Å². The second-order valence-electron chi connectivity index (χ2n) is 2.81. The van der Waals surface area contributed by atoms with Crippen molar-refractivity contribution in [1.29, 1.82) is 0 Å². The van der Waals surface area contributed by atoms with Crippen LogP contribution in [0.15, 0.2) is 0 Å². The minimum atomic E-state index is -0.310. The zero-order valence-electron chi connectivity index (χ0n) is 7.04. The van der Waals surface area contributed by atoms with Crippen LogP contribution in [0.3, 0.4) is 0 Å². The number of ketones is 1. The van der Waals surface area contributed by atoms with Gasteiger partial charge in [0.25, 0.3) is 0 Å². The molecule has 4 nitrogen and oxygen atoms in total. The Hall–Kier alpha value is -0.900.